The zero-order valence-electron chi connectivity index (χ0n) is 18.4. The second kappa shape index (κ2) is 8.27. The van der Waals surface area contributed by atoms with Gasteiger partial charge in [-0.1, -0.05) is 36.4 Å². The molecular weight excluding hydrogens is 356 g/mol. The summed E-state index contributed by atoms with van der Waals surface area (Å²) in [7, 11) is 0. The van der Waals surface area contributed by atoms with Crippen LogP contribution in [0, 0.1) is 19.8 Å². The molecule has 1 saturated heterocycles. The summed E-state index contributed by atoms with van der Waals surface area (Å²) < 4.78 is 2.24. The van der Waals surface area contributed by atoms with E-state index in [-0.39, 0.29) is 6.04 Å². The van der Waals surface area contributed by atoms with Crippen LogP contribution in [0.25, 0.3) is 5.69 Å². The molecule has 0 amide bonds. The lowest BCUT2D eigenvalue weighted by Crippen LogP contribution is -2.35. The first-order chi connectivity index (χ1) is 14.0. The quantitative estimate of drug-likeness (QED) is 0.613. The molecule has 29 heavy (non-hydrogen) atoms. The second-order valence-electron chi connectivity index (χ2n) is 9.03. The molecule has 1 aromatic carbocycles. The molecule has 0 N–H and O–H groups in total. The largest absolute Gasteiger partial charge is 0.287 e. The smallest absolute Gasteiger partial charge is 0.159 e. The summed E-state index contributed by atoms with van der Waals surface area (Å²) in [6.07, 6.45) is 10.3. The SMILES string of the molecule is C=C(C)[C@@H]1CC=C(C(c2nncn2-c2c(C)cccc2C)N2CCCC2C)CC1. The first-order valence-corrected chi connectivity index (χ1v) is 11.0. The van der Waals surface area contributed by atoms with Gasteiger partial charge in [-0.05, 0) is 89.0 Å². The highest BCUT2D eigenvalue weighted by Gasteiger charge is 2.36. The Bertz CT molecular complexity index is 902. The topological polar surface area (TPSA) is 34.0 Å². The van der Waals surface area contributed by atoms with E-state index in [0.717, 1.165) is 25.2 Å². The van der Waals surface area contributed by atoms with Crippen molar-refractivity contribution < 1.29 is 0 Å². The summed E-state index contributed by atoms with van der Waals surface area (Å²) in [5, 5.41) is 9.08. The molecule has 2 aromatic rings. The van der Waals surface area contributed by atoms with E-state index in [0.29, 0.717) is 12.0 Å². The van der Waals surface area contributed by atoms with Gasteiger partial charge in [0.05, 0.1) is 11.7 Å². The monoisotopic (exact) mass is 390 g/mol. The fourth-order valence-electron chi connectivity index (χ4n) is 5.20. The lowest BCUT2D eigenvalue weighted by molar-refractivity contribution is 0.200. The van der Waals surface area contributed by atoms with Crippen LogP contribution in [-0.2, 0) is 0 Å². The molecule has 0 saturated carbocycles. The minimum absolute atomic E-state index is 0.208. The predicted molar refractivity (Wildman–Crippen MR) is 119 cm³/mol. The Hall–Kier alpha value is -2.20. The van der Waals surface area contributed by atoms with E-state index in [1.807, 2.05) is 6.33 Å². The highest BCUT2D eigenvalue weighted by atomic mass is 15.3. The summed E-state index contributed by atoms with van der Waals surface area (Å²) in [5.41, 5.74) is 6.57. The molecule has 4 nitrogen and oxygen atoms in total. The van der Waals surface area contributed by atoms with Gasteiger partial charge >= 0.3 is 0 Å². The first kappa shape index (κ1) is 20.1. The molecule has 3 atom stereocenters. The summed E-state index contributed by atoms with van der Waals surface area (Å²) >= 11 is 0. The van der Waals surface area contributed by atoms with Crippen LogP contribution in [0.5, 0.6) is 0 Å². The molecule has 154 valence electrons. The zero-order chi connectivity index (χ0) is 20.5. The first-order valence-electron chi connectivity index (χ1n) is 11.0. The number of allylic oxidation sites excluding steroid dienone is 2. The molecular formula is C25H34N4. The molecule has 4 rings (SSSR count). The summed E-state index contributed by atoms with van der Waals surface area (Å²) in [6.45, 7) is 14.2. The highest BCUT2D eigenvalue weighted by Crippen LogP contribution is 2.41. The lowest BCUT2D eigenvalue weighted by atomic mass is 9.82. The van der Waals surface area contributed by atoms with Crippen LogP contribution in [0.4, 0.5) is 0 Å². The molecule has 1 aromatic heterocycles. The fraction of sp³-hybridized carbons (Fsp3) is 0.520. The highest BCUT2D eigenvalue weighted by molar-refractivity contribution is 5.48. The van der Waals surface area contributed by atoms with Gasteiger partial charge in [-0.15, -0.1) is 10.2 Å². The van der Waals surface area contributed by atoms with Crippen LogP contribution >= 0.6 is 0 Å². The van der Waals surface area contributed by atoms with Gasteiger partial charge in [-0.3, -0.25) is 9.47 Å². The number of likely N-dealkylation sites (tertiary alicyclic amines) is 1. The van der Waals surface area contributed by atoms with E-state index in [1.165, 1.54) is 47.2 Å². The molecule has 1 aliphatic heterocycles. The van der Waals surface area contributed by atoms with Crippen molar-refractivity contribution in [2.75, 3.05) is 6.54 Å². The molecule has 4 heteroatoms. The van der Waals surface area contributed by atoms with Gasteiger partial charge in [0.1, 0.15) is 6.33 Å². The number of rotatable bonds is 5. The normalized spacial score (nSPS) is 23.8. The zero-order valence-corrected chi connectivity index (χ0v) is 18.4. The van der Waals surface area contributed by atoms with E-state index in [4.69, 9.17) is 5.10 Å². The van der Waals surface area contributed by atoms with Gasteiger partial charge in [-0.2, -0.15) is 0 Å². The number of hydrogen-bond donors (Lipinski definition) is 0. The van der Waals surface area contributed by atoms with Crippen molar-refractivity contribution in [1.82, 2.24) is 19.7 Å². The van der Waals surface area contributed by atoms with Crippen LogP contribution in [0.15, 0.2) is 48.3 Å². The van der Waals surface area contributed by atoms with Crippen molar-refractivity contribution in [2.45, 2.75) is 71.9 Å². The number of hydrogen-bond acceptors (Lipinski definition) is 3. The standard InChI is InChI=1S/C25H34N4/c1-17(2)21-11-13-22(14-12-21)24(28-15-7-10-20(28)5)25-27-26-16-29(25)23-18(3)8-6-9-19(23)4/h6,8-9,13,16,20-21,24H,1,7,10-12,14-15H2,2-5H3/t20?,21-,24?/m1/s1. The van der Waals surface area contributed by atoms with Crippen molar-refractivity contribution >= 4 is 0 Å². The summed E-state index contributed by atoms with van der Waals surface area (Å²) in [4.78, 5) is 2.65. The van der Waals surface area contributed by atoms with Gasteiger partial charge in [-0.25, -0.2) is 0 Å². The van der Waals surface area contributed by atoms with E-state index in [2.05, 4.69) is 73.1 Å². The van der Waals surface area contributed by atoms with Gasteiger partial charge in [0.15, 0.2) is 5.82 Å². The van der Waals surface area contributed by atoms with Crippen molar-refractivity contribution in [2.24, 2.45) is 5.92 Å². The Morgan fingerprint density at radius 1 is 1.21 bits per heavy atom. The lowest BCUT2D eigenvalue weighted by Gasteiger charge is -2.35. The fourth-order valence-corrected chi connectivity index (χ4v) is 5.20. The maximum Gasteiger partial charge on any atom is 0.159 e. The third-order valence-electron chi connectivity index (χ3n) is 6.93. The maximum absolute atomic E-state index is 4.70. The Morgan fingerprint density at radius 3 is 2.55 bits per heavy atom. The van der Waals surface area contributed by atoms with Gasteiger partial charge in [0.25, 0.3) is 0 Å². The average Bonchev–Trinajstić information content (AvgIpc) is 3.33. The van der Waals surface area contributed by atoms with E-state index >= 15 is 0 Å². The van der Waals surface area contributed by atoms with E-state index < -0.39 is 0 Å². The number of aryl methyl sites for hydroxylation is 2. The molecule has 0 spiro atoms. The van der Waals surface area contributed by atoms with E-state index in [9.17, 15) is 0 Å². The van der Waals surface area contributed by atoms with Gasteiger partial charge < -0.3 is 0 Å². The molecule has 1 fully saturated rings. The number of benzene rings is 1. The maximum atomic E-state index is 4.70. The Morgan fingerprint density at radius 2 is 1.97 bits per heavy atom. The third kappa shape index (κ3) is 3.83. The Labute approximate surface area is 175 Å². The third-order valence-corrected chi connectivity index (χ3v) is 6.93. The van der Waals surface area contributed by atoms with E-state index in [1.54, 1.807) is 0 Å². The molecule has 2 unspecified atom stereocenters. The minimum Gasteiger partial charge on any atom is -0.287 e. The summed E-state index contributed by atoms with van der Waals surface area (Å²) in [5.74, 6) is 1.68. The van der Waals surface area contributed by atoms with Crippen molar-refractivity contribution in [3.8, 4) is 5.69 Å². The average molecular weight is 391 g/mol. The van der Waals surface area contributed by atoms with Crippen LogP contribution in [0.3, 0.4) is 0 Å². The summed E-state index contributed by atoms with van der Waals surface area (Å²) in [6, 6.07) is 7.26. The molecule has 2 aliphatic rings. The molecule has 0 bridgehead atoms. The molecule has 2 heterocycles. The van der Waals surface area contributed by atoms with Crippen LogP contribution in [0.2, 0.25) is 0 Å². The van der Waals surface area contributed by atoms with Crippen molar-refractivity contribution in [3.63, 3.8) is 0 Å². The minimum atomic E-state index is 0.208. The number of aromatic nitrogens is 3. The second-order valence-corrected chi connectivity index (χ2v) is 9.03. The van der Waals surface area contributed by atoms with Crippen molar-refractivity contribution in [1.29, 1.82) is 0 Å². The van der Waals surface area contributed by atoms with Crippen molar-refractivity contribution in [3.05, 3.63) is 65.3 Å². The predicted octanol–water partition coefficient (Wildman–Crippen LogP) is 5.71. The Balaban J connectivity index is 1.78. The molecule has 1 aliphatic carbocycles. The van der Waals surface area contributed by atoms with Crippen LogP contribution in [-0.4, -0.2) is 32.3 Å². The number of para-hydroxylation sites is 1. The molecule has 0 radical (unpaired) electrons. The van der Waals surface area contributed by atoms with Gasteiger partial charge in [0.2, 0.25) is 0 Å². The van der Waals surface area contributed by atoms with Crippen LogP contribution < -0.4 is 0 Å². The van der Waals surface area contributed by atoms with Crippen LogP contribution in [0.1, 0.15) is 68.9 Å². The Kier molecular flexibility index (Phi) is 5.73. The number of nitrogens with zero attached hydrogens (tertiary/aromatic N) is 4. The van der Waals surface area contributed by atoms with Gasteiger partial charge in [0, 0.05) is 6.04 Å².